The quantitative estimate of drug-likeness (QED) is 0.687. The van der Waals surface area contributed by atoms with Crippen LogP contribution >= 0.6 is 0 Å². The third-order valence-electron chi connectivity index (χ3n) is 2.80. The summed E-state index contributed by atoms with van der Waals surface area (Å²) in [6, 6.07) is 4.06. The van der Waals surface area contributed by atoms with Crippen molar-refractivity contribution >= 4 is 18.6 Å². The SMILES string of the molecule is CB(O)N1CCN(C)c2ccc(C)nc21. The van der Waals surface area contributed by atoms with E-state index in [0.717, 1.165) is 30.3 Å². The van der Waals surface area contributed by atoms with Gasteiger partial charge in [-0.15, -0.1) is 0 Å². The Bertz CT molecular complexity index is 370. The molecule has 1 aromatic rings. The lowest BCUT2D eigenvalue weighted by atomic mass is 9.84. The van der Waals surface area contributed by atoms with Gasteiger partial charge in [-0.3, -0.25) is 0 Å². The van der Waals surface area contributed by atoms with Crippen molar-refractivity contribution in [1.82, 2.24) is 4.98 Å². The second kappa shape index (κ2) is 3.74. The van der Waals surface area contributed by atoms with Crippen molar-refractivity contribution < 1.29 is 5.02 Å². The van der Waals surface area contributed by atoms with E-state index in [1.807, 2.05) is 17.8 Å². The molecule has 1 aliphatic heterocycles. The largest absolute Gasteiger partial charge is 0.432 e. The second-order valence-electron chi connectivity index (χ2n) is 4.04. The van der Waals surface area contributed by atoms with Gasteiger partial charge >= 0.3 is 7.05 Å². The molecule has 2 heterocycles. The Labute approximate surface area is 90.7 Å². The van der Waals surface area contributed by atoms with Crippen LogP contribution in [-0.4, -0.2) is 37.2 Å². The highest BCUT2D eigenvalue weighted by atomic mass is 16.2. The van der Waals surface area contributed by atoms with Gasteiger partial charge in [0.25, 0.3) is 0 Å². The summed E-state index contributed by atoms with van der Waals surface area (Å²) >= 11 is 0. The molecule has 0 amide bonds. The van der Waals surface area contributed by atoms with Crippen molar-refractivity contribution in [3.8, 4) is 0 Å². The maximum absolute atomic E-state index is 9.67. The van der Waals surface area contributed by atoms with Gasteiger partial charge in [-0.1, -0.05) is 0 Å². The fourth-order valence-electron chi connectivity index (χ4n) is 1.89. The van der Waals surface area contributed by atoms with Gasteiger partial charge in [0.2, 0.25) is 0 Å². The van der Waals surface area contributed by atoms with Gasteiger partial charge in [-0.25, -0.2) is 4.98 Å². The Hall–Kier alpha value is -1.23. The van der Waals surface area contributed by atoms with E-state index in [-0.39, 0.29) is 0 Å². The zero-order valence-electron chi connectivity index (χ0n) is 9.44. The van der Waals surface area contributed by atoms with Crippen LogP contribution in [-0.2, 0) is 0 Å². The molecule has 1 aromatic heterocycles. The van der Waals surface area contributed by atoms with E-state index in [4.69, 9.17) is 0 Å². The zero-order chi connectivity index (χ0) is 11.0. The summed E-state index contributed by atoms with van der Waals surface area (Å²) in [5, 5.41) is 9.67. The van der Waals surface area contributed by atoms with Gasteiger partial charge in [-0.05, 0) is 25.9 Å². The van der Waals surface area contributed by atoms with E-state index < -0.39 is 7.05 Å². The van der Waals surface area contributed by atoms with Crippen LogP contribution in [0.25, 0.3) is 0 Å². The number of hydrogen-bond donors (Lipinski definition) is 1. The first kappa shape index (κ1) is 10.3. The summed E-state index contributed by atoms with van der Waals surface area (Å²) in [7, 11) is 1.57. The summed E-state index contributed by atoms with van der Waals surface area (Å²) in [6.07, 6.45) is 0. The van der Waals surface area contributed by atoms with Gasteiger partial charge in [0.15, 0.2) is 0 Å². The number of rotatable bonds is 1. The van der Waals surface area contributed by atoms with E-state index in [1.165, 1.54) is 0 Å². The standard InChI is InChI=1S/C10H16BN3O/c1-8-4-5-9-10(12-8)14(11(2)15)7-6-13(9)3/h4-5,15H,6-7H2,1-3H3. The van der Waals surface area contributed by atoms with E-state index in [0.29, 0.717) is 0 Å². The first-order valence-electron chi connectivity index (χ1n) is 5.23. The summed E-state index contributed by atoms with van der Waals surface area (Å²) in [4.78, 5) is 8.59. The molecule has 1 aliphatic rings. The lowest BCUT2D eigenvalue weighted by molar-refractivity contribution is 0.566. The molecule has 0 bridgehead atoms. The van der Waals surface area contributed by atoms with E-state index >= 15 is 0 Å². The fraction of sp³-hybridized carbons (Fsp3) is 0.500. The van der Waals surface area contributed by atoms with Crippen molar-refractivity contribution in [2.24, 2.45) is 0 Å². The minimum absolute atomic E-state index is 0.480. The van der Waals surface area contributed by atoms with Crippen LogP contribution in [0.15, 0.2) is 12.1 Å². The summed E-state index contributed by atoms with van der Waals surface area (Å²) < 4.78 is 0. The molecule has 0 spiro atoms. The number of likely N-dealkylation sites (N-methyl/N-ethyl adjacent to an activating group) is 1. The number of nitrogens with zero attached hydrogens (tertiary/aromatic N) is 3. The van der Waals surface area contributed by atoms with E-state index in [2.05, 4.69) is 23.0 Å². The van der Waals surface area contributed by atoms with Crippen LogP contribution < -0.4 is 9.71 Å². The Balaban J connectivity index is 2.46. The molecular formula is C10H16BN3O. The minimum Gasteiger partial charge on any atom is -0.432 e. The molecular weight excluding hydrogens is 189 g/mol. The number of pyridine rings is 1. The van der Waals surface area contributed by atoms with Gasteiger partial charge in [0.05, 0.1) is 5.69 Å². The topological polar surface area (TPSA) is 39.6 Å². The van der Waals surface area contributed by atoms with Crippen molar-refractivity contribution in [3.05, 3.63) is 17.8 Å². The highest BCUT2D eigenvalue weighted by molar-refractivity contribution is 6.54. The fourth-order valence-corrected chi connectivity index (χ4v) is 1.89. The second-order valence-corrected chi connectivity index (χ2v) is 4.04. The lowest BCUT2D eigenvalue weighted by Gasteiger charge is -2.36. The number of hydrogen-bond acceptors (Lipinski definition) is 4. The molecule has 5 heteroatoms. The van der Waals surface area contributed by atoms with Crippen LogP contribution in [0.4, 0.5) is 11.5 Å². The molecule has 80 valence electrons. The predicted molar refractivity (Wildman–Crippen MR) is 63.4 cm³/mol. The Morgan fingerprint density at radius 2 is 2.13 bits per heavy atom. The first-order valence-corrected chi connectivity index (χ1v) is 5.23. The third-order valence-corrected chi connectivity index (χ3v) is 2.80. The Kier molecular flexibility index (Phi) is 2.56. The van der Waals surface area contributed by atoms with Crippen molar-refractivity contribution in [3.63, 3.8) is 0 Å². The van der Waals surface area contributed by atoms with Crippen molar-refractivity contribution in [2.45, 2.75) is 13.7 Å². The average molecular weight is 205 g/mol. The summed E-state index contributed by atoms with van der Waals surface area (Å²) in [6.45, 7) is 5.48. The van der Waals surface area contributed by atoms with Gasteiger partial charge in [-0.2, -0.15) is 0 Å². The average Bonchev–Trinajstić information content (AvgIpc) is 2.17. The highest BCUT2D eigenvalue weighted by Gasteiger charge is 2.26. The molecule has 0 saturated heterocycles. The van der Waals surface area contributed by atoms with E-state index in [1.54, 1.807) is 6.82 Å². The number of aryl methyl sites for hydroxylation is 1. The molecule has 0 fully saturated rings. The van der Waals surface area contributed by atoms with Gasteiger partial charge in [0.1, 0.15) is 5.82 Å². The zero-order valence-corrected chi connectivity index (χ0v) is 9.44. The predicted octanol–water partition coefficient (Wildman–Crippen LogP) is 0.757. The molecule has 0 unspecified atom stereocenters. The van der Waals surface area contributed by atoms with Crippen molar-refractivity contribution in [1.29, 1.82) is 0 Å². The van der Waals surface area contributed by atoms with Crippen LogP contribution in [0.1, 0.15) is 5.69 Å². The molecule has 0 aromatic carbocycles. The lowest BCUT2D eigenvalue weighted by Crippen LogP contribution is -2.47. The Morgan fingerprint density at radius 1 is 1.40 bits per heavy atom. The molecule has 0 radical (unpaired) electrons. The number of aromatic nitrogens is 1. The maximum Gasteiger partial charge on any atom is 0.410 e. The molecule has 0 saturated carbocycles. The normalized spacial score (nSPS) is 15.2. The monoisotopic (exact) mass is 205 g/mol. The smallest absolute Gasteiger partial charge is 0.410 e. The van der Waals surface area contributed by atoms with Gasteiger partial charge < -0.3 is 14.7 Å². The van der Waals surface area contributed by atoms with Crippen LogP contribution in [0.2, 0.25) is 6.82 Å². The molecule has 0 aliphatic carbocycles. The molecule has 1 N–H and O–H groups in total. The third kappa shape index (κ3) is 1.79. The minimum atomic E-state index is -0.480. The van der Waals surface area contributed by atoms with Crippen LogP contribution in [0.5, 0.6) is 0 Å². The Morgan fingerprint density at radius 3 is 2.80 bits per heavy atom. The van der Waals surface area contributed by atoms with Crippen LogP contribution in [0.3, 0.4) is 0 Å². The highest BCUT2D eigenvalue weighted by Crippen LogP contribution is 2.30. The summed E-state index contributed by atoms with van der Waals surface area (Å²) in [5.74, 6) is 0.888. The molecule has 0 atom stereocenters. The van der Waals surface area contributed by atoms with Crippen molar-refractivity contribution in [2.75, 3.05) is 29.8 Å². The van der Waals surface area contributed by atoms with Gasteiger partial charge in [0, 0.05) is 25.8 Å². The molecule has 15 heavy (non-hydrogen) atoms. The van der Waals surface area contributed by atoms with E-state index in [9.17, 15) is 5.02 Å². The molecule has 4 nitrogen and oxygen atoms in total. The maximum atomic E-state index is 9.67. The number of anilines is 2. The van der Waals surface area contributed by atoms with Crippen LogP contribution in [0, 0.1) is 6.92 Å². The number of fused-ring (bicyclic) bond motifs is 1. The first-order chi connectivity index (χ1) is 7.09. The summed E-state index contributed by atoms with van der Waals surface area (Å²) in [5.41, 5.74) is 2.07. The molecule has 2 rings (SSSR count).